The van der Waals surface area contributed by atoms with Crippen LogP contribution in [0, 0.1) is 0 Å². The molecule has 14 heavy (non-hydrogen) atoms. The fourth-order valence-corrected chi connectivity index (χ4v) is 1.44. The summed E-state index contributed by atoms with van der Waals surface area (Å²) in [6, 6.07) is 9.71. The molecule has 1 aromatic carbocycles. The molecule has 1 heterocycles. The van der Waals surface area contributed by atoms with Crippen molar-refractivity contribution in [1.29, 1.82) is 0 Å². The Morgan fingerprint density at radius 1 is 1.29 bits per heavy atom. The average Bonchev–Trinajstić information content (AvgIpc) is 2.17. The standard InChI is InChI=1S/C10H11NO2S/c1-7-12-10(13-7)11-9(14)8-5-3-2-4-6-8/h2-7,10H,1H3,(H,11,14). The fraction of sp³-hybridized carbons (Fsp3) is 0.300. The molecule has 1 fully saturated rings. The highest BCUT2D eigenvalue weighted by atomic mass is 32.1. The van der Waals surface area contributed by atoms with Gasteiger partial charge in [-0.3, -0.25) is 0 Å². The maximum Gasteiger partial charge on any atom is 0.243 e. The van der Waals surface area contributed by atoms with Crippen molar-refractivity contribution in [2.24, 2.45) is 0 Å². The zero-order valence-electron chi connectivity index (χ0n) is 7.77. The molecule has 0 atom stereocenters. The second kappa shape index (κ2) is 4.04. The van der Waals surface area contributed by atoms with Crippen molar-refractivity contribution < 1.29 is 9.47 Å². The molecule has 1 N–H and O–H groups in total. The Balaban J connectivity index is 1.90. The molecular formula is C10H11NO2S. The summed E-state index contributed by atoms with van der Waals surface area (Å²) in [7, 11) is 0. The molecule has 0 aliphatic carbocycles. The number of nitrogens with one attached hydrogen (secondary N) is 1. The van der Waals surface area contributed by atoms with Crippen molar-refractivity contribution in [3.05, 3.63) is 35.9 Å². The van der Waals surface area contributed by atoms with E-state index in [0.717, 1.165) is 5.56 Å². The first-order valence-electron chi connectivity index (χ1n) is 4.42. The van der Waals surface area contributed by atoms with Gasteiger partial charge >= 0.3 is 0 Å². The Hall–Kier alpha value is -0.970. The van der Waals surface area contributed by atoms with Gasteiger partial charge in [-0.1, -0.05) is 42.5 Å². The molecule has 0 spiro atoms. The van der Waals surface area contributed by atoms with Crippen molar-refractivity contribution in [2.75, 3.05) is 0 Å². The Labute approximate surface area is 88.0 Å². The number of rotatable bonds is 2. The minimum atomic E-state index is -0.391. The molecule has 0 unspecified atom stereocenters. The van der Waals surface area contributed by atoms with Crippen LogP contribution in [0.4, 0.5) is 0 Å². The second-order valence-electron chi connectivity index (χ2n) is 3.01. The third-order valence-electron chi connectivity index (χ3n) is 1.92. The van der Waals surface area contributed by atoms with E-state index >= 15 is 0 Å². The summed E-state index contributed by atoms with van der Waals surface area (Å²) in [6.45, 7) is 1.84. The molecule has 0 amide bonds. The van der Waals surface area contributed by atoms with Crippen LogP contribution in [-0.4, -0.2) is 17.7 Å². The molecule has 2 rings (SSSR count). The van der Waals surface area contributed by atoms with Gasteiger partial charge in [-0.15, -0.1) is 0 Å². The number of ether oxygens (including phenoxy) is 2. The summed E-state index contributed by atoms with van der Waals surface area (Å²) in [5.41, 5.74) is 0.967. The average molecular weight is 209 g/mol. The SMILES string of the molecule is CC1OC(NC(=S)c2ccccc2)O1. The van der Waals surface area contributed by atoms with E-state index in [0.29, 0.717) is 4.99 Å². The molecule has 1 aliphatic rings. The van der Waals surface area contributed by atoms with Crippen LogP contribution in [0.15, 0.2) is 30.3 Å². The van der Waals surface area contributed by atoms with Gasteiger partial charge in [-0.05, 0) is 6.92 Å². The van der Waals surface area contributed by atoms with Gasteiger partial charge in [0, 0.05) is 5.56 Å². The third-order valence-corrected chi connectivity index (χ3v) is 2.27. The van der Waals surface area contributed by atoms with Crippen LogP contribution in [0.2, 0.25) is 0 Å². The molecule has 3 nitrogen and oxygen atoms in total. The van der Waals surface area contributed by atoms with Crippen molar-refractivity contribution in [3.8, 4) is 0 Å². The maximum atomic E-state index is 5.21. The Bertz CT molecular complexity index is 322. The first-order chi connectivity index (χ1) is 6.75. The Kier molecular flexibility index (Phi) is 2.77. The van der Waals surface area contributed by atoms with Crippen LogP contribution >= 0.6 is 12.2 Å². The lowest BCUT2D eigenvalue weighted by Gasteiger charge is -2.34. The zero-order valence-corrected chi connectivity index (χ0v) is 8.58. The van der Waals surface area contributed by atoms with Crippen LogP contribution in [-0.2, 0) is 9.47 Å². The van der Waals surface area contributed by atoms with Crippen molar-refractivity contribution in [2.45, 2.75) is 19.6 Å². The summed E-state index contributed by atoms with van der Waals surface area (Å²) in [4.78, 5) is 0.641. The molecule has 1 saturated heterocycles. The number of hydrogen-bond acceptors (Lipinski definition) is 3. The molecule has 4 heteroatoms. The van der Waals surface area contributed by atoms with Gasteiger partial charge < -0.3 is 14.8 Å². The first kappa shape index (κ1) is 9.58. The predicted molar refractivity (Wildman–Crippen MR) is 56.7 cm³/mol. The van der Waals surface area contributed by atoms with Gasteiger partial charge in [-0.25, -0.2) is 0 Å². The third kappa shape index (κ3) is 2.09. The lowest BCUT2D eigenvalue weighted by Crippen LogP contribution is -2.50. The van der Waals surface area contributed by atoms with E-state index in [1.165, 1.54) is 0 Å². The first-order valence-corrected chi connectivity index (χ1v) is 4.83. The van der Waals surface area contributed by atoms with E-state index in [1.807, 2.05) is 37.3 Å². The number of benzene rings is 1. The van der Waals surface area contributed by atoms with Crippen molar-refractivity contribution in [1.82, 2.24) is 5.32 Å². The van der Waals surface area contributed by atoms with Crippen molar-refractivity contribution in [3.63, 3.8) is 0 Å². The summed E-state index contributed by atoms with van der Waals surface area (Å²) in [5.74, 6) is 0. The van der Waals surface area contributed by atoms with Gasteiger partial charge in [0.15, 0.2) is 6.29 Å². The topological polar surface area (TPSA) is 30.5 Å². The van der Waals surface area contributed by atoms with E-state index < -0.39 is 6.41 Å². The summed E-state index contributed by atoms with van der Waals surface area (Å²) in [5, 5.41) is 2.95. The summed E-state index contributed by atoms with van der Waals surface area (Å²) >= 11 is 5.16. The molecule has 1 aliphatic heterocycles. The van der Waals surface area contributed by atoms with E-state index in [-0.39, 0.29) is 6.29 Å². The largest absolute Gasteiger partial charge is 0.328 e. The normalized spacial score (nSPS) is 25.2. The Morgan fingerprint density at radius 3 is 2.50 bits per heavy atom. The van der Waals surface area contributed by atoms with E-state index in [4.69, 9.17) is 21.7 Å². The van der Waals surface area contributed by atoms with Crippen LogP contribution in [0.3, 0.4) is 0 Å². The maximum absolute atomic E-state index is 5.21. The number of hydrogen-bond donors (Lipinski definition) is 1. The molecule has 0 saturated carbocycles. The highest BCUT2D eigenvalue weighted by molar-refractivity contribution is 7.80. The molecule has 74 valence electrons. The summed E-state index contributed by atoms with van der Waals surface area (Å²) in [6.07, 6.45) is -0.524. The van der Waals surface area contributed by atoms with Crippen LogP contribution in [0.5, 0.6) is 0 Å². The van der Waals surface area contributed by atoms with Crippen LogP contribution in [0.25, 0.3) is 0 Å². The van der Waals surface area contributed by atoms with Gasteiger partial charge in [0.1, 0.15) is 4.99 Å². The highest BCUT2D eigenvalue weighted by Crippen LogP contribution is 2.13. The van der Waals surface area contributed by atoms with Gasteiger partial charge in [0.2, 0.25) is 6.41 Å². The fourth-order valence-electron chi connectivity index (χ4n) is 1.21. The van der Waals surface area contributed by atoms with E-state index in [9.17, 15) is 0 Å². The quantitative estimate of drug-likeness (QED) is 0.750. The minimum absolute atomic E-state index is 0.133. The van der Waals surface area contributed by atoms with Gasteiger partial charge in [0.05, 0.1) is 0 Å². The predicted octanol–water partition coefficient (Wildman–Crippen LogP) is 1.63. The summed E-state index contributed by atoms with van der Waals surface area (Å²) < 4.78 is 10.4. The highest BCUT2D eigenvalue weighted by Gasteiger charge is 2.27. The van der Waals surface area contributed by atoms with Crippen molar-refractivity contribution >= 4 is 17.2 Å². The number of thiocarbonyl (C=S) groups is 1. The molecular weight excluding hydrogens is 198 g/mol. The van der Waals surface area contributed by atoms with Crippen LogP contribution in [0.1, 0.15) is 12.5 Å². The molecule has 0 radical (unpaired) electrons. The minimum Gasteiger partial charge on any atom is -0.328 e. The molecule has 0 aromatic heterocycles. The second-order valence-corrected chi connectivity index (χ2v) is 3.42. The van der Waals surface area contributed by atoms with Crippen LogP contribution < -0.4 is 5.32 Å². The molecule has 0 bridgehead atoms. The lowest BCUT2D eigenvalue weighted by atomic mass is 10.2. The lowest BCUT2D eigenvalue weighted by molar-refractivity contribution is -0.380. The zero-order chi connectivity index (χ0) is 9.97. The van der Waals surface area contributed by atoms with Gasteiger partial charge in [-0.2, -0.15) is 0 Å². The molecule has 1 aromatic rings. The van der Waals surface area contributed by atoms with E-state index in [2.05, 4.69) is 5.32 Å². The Morgan fingerprint density at radius 2 is 1.93 bits per heavy atom. The smallest absolute Gasteiger partial charge is 0.243 e. The monoisotopic (exact) mass is 209 g/mol. The van der Waals surface area contributed by atoms with E-state index in [1.54, 1.807) is 0 Å². The van der Waals surface area contributed by atoms with Gasteiger partial charge in [0.25, 0.3) is 0 Å².